The third kappa shape index (κ3) is 19.7. The van der Waals surface area contributed by atoms with Gasteiger partial charge in [0.2, 0.25) is 5.91 Å². The number of esters is 1. The van der Waals surface area contributed by atoms with Crippen LogP contribution < -0.4 is 16.8 Å². The first-order valence-corrected chi connectivity index (χ1v) is 23.6. The van der Waals surface area contributed by atoms with E-state index in [2.05, 4.69) is 5.32 Å². The first-order chi connectivity index (χ1) is 32.2. The van der Waals surface area contributed by atoms with Crippen molar-refractivity contribution in [2.75, 3.05) is 13.1 Å². The molecule has 0 aliphatic carbocycles. The van der Waals surface area contributed by atoms with E-state index in [1.807, 2.05) is 37.3 Å². The summed E-state index contributed by atoms with van der Waals surface area (Å²) >= 11 is 0. The van der Waals surface area contributed by atoms with Gasteiger partial charge in [0.15, 0.2) is 12.1 Å². The fourth-order valence-electron chi connectivity index (χ4n) is 8.30. The van der Waals surface area contributed by atoms with Crippen LogP contribution in [0.25, 0.3) is 0 Å². The molecule has 0 aromatic rings. The van der Waals surface area contributed by atoms with Gasteiger partial charge in [0.05, 0.1) is 85.5 Å². The van der Waals surface area contributed by atoms with E-state index in [1.54, 1.807) is 75.5 Å². The second-order valence-corrected chi connectivity index (χ2v) is 18.3. The number of rotatable bonds is 5. The van der Waals surface area contributed by atoms with Crippen LogP contribution in [-0.4, -0.2) is 174 Å². The summed E-state index contributed by atoms with van der Waals surface area (Å²) in [4.78, 5) is 26.2. The quantitative estimate of drug-likeness (QED) is 0.157. The van der Waals surface area contributed by atoms with E-state index in [4.69, 9.17) is 30.4 Å². The highest BCUT2D eigenvalue weighted by atomic mass is 16.7. The van der Waals surface area contributed by atoms with Crippen LogP contribution in [0.3, 0.4) is 0 Å². The molecule has 3 aliphatic heterocycles. The van der Waals surface area contributed by atoms with Crippen LogP contribution in [0, 0.1) is 17.8 Å². The number of allylic oxidation sites excluding steroid dienone is 12. The molecule has 3 heterocycles. The maximum atomic E-state index is 13.5. The van der Waals surface area contributed by atoms with Gasteiger partial charge in [-0.1, -0.05) is 98.9 Å². The van der Waals surface area contributed by atoms with Crippen LogP contribution in [0.5, 0.6) is 0 Å². The molecule has 0 spiro atoms. The van der Waals surface area contributed by atoms with E-state index in [-0.39, 0.29) is 44.7 Å². The fourth-order valence-corrected chi connectivity index (χ4v) is 8.30. The number of carbonyl (C=O) groups is 2. The van der Waals surface area contributed by atoms with Gasteiger partial charge in [-0.25, -0.2) is 0 Å². The average Bonchev–Trinajstić information content (AvgIpc) is 3.26. The zero-order chi connectivity index (χ0) is 50.6. The largest absolute Gasteiger partial charge is 0.462 e. The van der Waals surface area contributed by atoms with Crippen LogP contribution in [0.1, 0.15) is 79.1 Å². The van der Waals surface area contributed by atoms with Crippen molar-refractivity contribution in [3.05, 3.63) is 85.1 Å². The predicted molar refractivity (Wildman–Crippen MR) is 251 cm³/mol. The lowest BCUT2D eigenvalue weighted by Gasteiger charge is -2.46. The third-order valence-corrected chi connectivity index (χ3v) is 12.5. The van der Waals surface area contributed by atoms with Crippen molar-refractivity contribution in [1.29, 1.82) is 0 Å². The molecule has 19 heteroatoms. The summed E-state index contributed by atoms with van der Waals surface area (Å²) in [5.41, 5.74) is 11.7. The summed E-state index contributed by atoms with van der Waals surface area (Å²) < 4.78 is 23.6. The second kappa shape index (κ2) is 29.6. The normalized spacial score (nSPS) is 44.0. The molecule has 2 fully saturated rings. The maximum Gasteiger partial charge on any atom is 0.308 e. The summed E-state index contributed by atoms with van der Waals surface area (Å²) in [5, 5.41) is 112. The Balaban J connectivity index is 1.91. The highest BCUT2D eigenvalue weighted by molar-refractivity contribution is 5.80. The van der Waals surface area contributed by atoms with Crippen molar-refractivity contribution >= 4 is 11.9 Å². The number of carbonyl (C=O) groups excluding carboxylic acids is 2. The number of aliphatic hydroxyl groups is 10. The molecular formula is C49H79N3O16. The van der Waals surface area contributed by atoms with E-state index in [9.17, 15) is 60.7 Å². The number of fused-ring (bicyclic) bond motifs is 2. The van der Waals surface area contributed by atoms with E-state index < -0.39 is 147 Å². The molecule has 0 aromatic carbocycles. The highest BCUT2D eigenvalue weighted by Gasteiger charge is 2.51. The van der Waals surface area contributed by atoms with Crippen LogP contribution in [0.4, 0.5) is 0 Å². The molecule has 68 heavy (non-hydrogen) atoms. The van der Waals surface area contributed by atoms with Gasteiger partial charge in [-0.05, 0) is 33.1 Å². The van der Waals surface area contributed by atoms with Crippen molar-refractivity contribution in [3.63, 3.8) is 0 Å². The minimum absolute atomic E-state index is 0.0628. The zero-order valence-electron chi connectivity index (χ0n) is 39.6. The van der Waals surface area contributed by atoms with Gasteiger partial charge in [0.1, 0.15) is 12.2 Å². The number of ether oxygens (including phenoxy) is 4. The van der Waals surface area contributed by atoms with Crippen molar-refractivity contribution in [2.24, 2.45) is 29.2 Å². The second-order valence-electron chi connectivity index (χ2n) is 18.3. The van der Waals surface area contributed by atoms with Gasteiger partial charge in [0.25, 0.3) is 0 Å². The molecule has 19 atom stereocenters. The molecular weight excluding hydrogens is 887 g/mol. The van der Waals surface area contributed by atoms with Gasteiger partial charge < -0.3 is 86.8 Å². The Kier molecular flexibility index (Phi) is 25.6. The number of aliphatic hydroxyl groups excluding tert-OH is 9. The number of hydrogen-bond donors (Lipinski definition) is 13. The minimum Gasteiger partial charge on any atom is -0.462 e. The van der Waals surface area contributed by atoms with Gasteiger partial charge >= 0.3 is 5.97 Å². The summed E-state index contributed by atoms with van der Waals surface area (Å²) in [6, 6.07) is -1.13. The Labute approximate surface area is 399 Å². The molecule has 0 radical (unpaired) electrons. The molecule has 0 unspecified atom stereocenters. The van der Waals surface area contributed by atoms with Crippen molar-refractivity contribution in [3.8, 4) is 0 Å². The first kappa shape index (κ1) is 58.8. The number of hydrogen-bond acceptors (Lipinski definition) is 18. The fraction of sp³-hybridized carbons (Fsp3) is 0.673. The van der Waals surface area contributed by atoms with Gasteiger partial charge in [-0.15, -0.1) is 0 Å². The SMILES string of the molecule is C[C@@H]1[C@H](O)[C@@H](C)/C=C/C=C/C=C/C=C/C=C/C=C/C=C/[C@H](O[C@@H]2O[C@H](C)[C@@H](O)[C@H](N)[C@@H]2O)C[C@@H]2O[C@](O)(C[C@@H](O)C[C@@H](O)[C@H](O)CC[C@@H](O)C[C@@H](O)CC(=O)O[C@H]1C)C[C@H](O)[C@H]2C(=O)NCCN. The summed E-state index contributed by atoms with van der Waals surface area (Å²) in [7, 11) is 0. The molecule has 386 valence electrons. The van der Waals surface area contributed by atoms with E-state index in [1.165, 1.54) is 0 Å². The summed E-state index contributed by atoms with van der Waals surface area (Å²) in [6.07, 6.45) is 4.61. The lowest BCUT2D eigenvalue weighted by molar-refractivity contribution is -0.307. The molecule has 15 N–H and O–H groups in total. The van der Waals surface area contributed by atoms with Crippen molar-refractivity contribution in [2.45, 2.75) is 177 Å². The average molecular weight is 966 g/mol. The van der Waals surface area contributed by atoms with Crippen LogP contribution in [0.15, 0.2) is 85.1 Å². The molecule has 0 aromatic heterocycles. The van der Waals surface area contributed by atoms with Crippen LogP contribution >= 0.6 is 0 Å². The maximum absolute atomic E-state index is 13.5. The Bertz CT molecular complexity index is 1730. The summed E-state index contributed by atoms with van der Waals surface area (Å²) in [5.74, 6) is -5.65. The Morgan fingerprint density at radius 1 is 0.706 bits per heavy atom. The van der Waals surface area contributed by atoms with Gasteiger partial charge in [0, 0.05) is 50.6 Å². The lowest BCUT2D eigenvalue weighted by Crippen LogP contribution is -2.62. The van der Waals surface area contributed by atoms with Crippen LogP contribution in [-0.2, 0) is 28.5 Å². The Morgan fingerprint density at radius 2 is 1.29 bits per heavy atom. The number of cyclic esters (lactones) is 1. The topological polar surface area (TPSA) is 337 Å². The van der Waals surface area contributed by atoms with Crippen molar-refractivity contribution < 1.29 is 79.6 Å². The van der Waals surface area contributed by atoms with E-state index in [0.29, 0.717) is 0 Å². The standard InChI is InChI=1S/C49H79N3O16/c1-29-17-15-13-11-9-7-5-6-8-10-12-14-16-18-36(67-48-46(62)43(51)45(61)32(4)66-48)26-40-42(47(63)52-22-21-50)39(58)28-49(64,68-40)27-35(55)24-38(57)37(56)20-19-33(53)23-34(54)25-41(59)65-31(3)30(2)44(29)60/h5-18,29-40,42-46,48,53-58,60-62,64H,19-28,50-51H2,1-4H3,(H,52,63)/b6-5+,9-7+,10-8+,13-11+,14-12+,17-15+,18-16+/t29-,30-,31-,32+,33+,34+,35-,36-,37+,38+,39-,40-,42+,43-,44+,45+,46-,48-,49+/m0/s1. The Hall–Kier alpha value is -3.48. The van der Waals surface area contributed by atoms with E-state index >= 15 is 0 Å². The zero-order valence-corrected chi connectivity index (χ0v) is 39.6. The molecule has 19 nitrogen and oxygen atoms in total. The lowest BCUT2D eigenvalue weighted by atomic mass is 9.82. The first-order valence-electron chi connectivity index (χ1n) is 23.6. The van der Waals surface area contributed by atoms with Gasteiger partial charge in [-0.2, -0.15) is 0 Å². The highest BCUT2D eigenvalue weighted by Crippen LogP contribution is 2.38. The van der Waals surface area contributed by atoms with Crippen LogP contribution in [0.2, 0.25) is 0 Å². The monoisotopic (exact) mass is 966 g/mol. The molecule has 2 bridgehead atoms. The molecule has 3 aliphatic rings. The molecule has 3 rings (SSSR count). The Morgan fingerprint density at radius 3 is 1.90 bits per heavy atom. The number of nitrogens with two attached hydrogens (primary N) is 2. The minimum atomic E-state index is -2.27. The molecule has 0 saturated carbocycles. The summed E-state index contributed by atoms with van der Waals surface area (Å²) in [6.45, 7) is 6.94. The molecule has 1 amide bonds. The van der Waals surface area contributed by atoms with E-state index in [0.717, 1.165) is 0 Å². The molecule has 2 saturated heterocycles. The van der Waals surface area contributed by atoms with Gasteiger partial charge in [-0.3, -0.25) is 9.59 Å². The third-order valence-electron chi connectivity index (χ3n) is 12.5. The predicted octanol–water partition coefficient (Wildman–Crippen LogP) is -0.298. The number of amides is 1. The smallest absolute Gasteiger partial charge is 0.308 e. The van der Waals surface area contributed by atoms with Crippen molar-refractivity contribution in [1.82, 2.24) is 5.32 Å². The number of nitrogens with one attached hydrogen (secondary N) is 1.